The van der Waals surface area contributed by atoms with Crippen LogP contribution >= 0.6 is 0 Å². The lowest BCUT2D eigenvalue weighted by Gasteiger charge is -2.33. The van der Waals surface area contributed by atoms with E-state index in [1.807, 2.05) is 0 Å². The molecule has 0 spiro atoms. The standard InChI is InChI=1S/C22H31N3O4S/c26-21-10-4-6-16-14-19(11-12-20(16)24-21)30(28,29)25-13-5-7-17(15-25)22(27)23-18-8-2-1-3-9-18/h11-12,14,17-18H,1-10,13,15H2,(H,23,27)(H,24,26). The van der Waals surface area contributed by atoms with Crippen LogP contribution in [0.4, 0.5) is 5.69 Å². The van der Waals surface area contributed by atoms with Gasteiger partial charge in [0.25, 0.3) is 0 Å². The van der Waals surface area contributed by atoms with E-state index in [1.54, 1.807) is 18.2 Å². The Bertz CT molecular complexity index is 909. The number of nitrogens with one attached hydrogen (secondary N) is 2. The fourth-order valence-electron chi connectivity index (χ4n) is 4.80. The third-order valence-electron chi connectivity index (χ3n) is 6.54. The molecule has 1 aromatic rings. The minimum absolute atomic E-state index is 0.00793. The Kier molecular flexibility index (Phi) is 6.43. The first-order valence-electron chi connectivity index (χ1n) is 11.2. The smallest absolute Gasteiger partial charge is 0.243 e. The summed E-state index contributed by atoms with van der Waals surface area (Å²) in [6.07, 6.45) is 8.79. The lowest BCUT2D eigenvalue weighted by molar-refractivity contribution is -0.127. The van der Waals surface area contributed by atoms with E-state index < -0.39 is 10.0 Å². The van der Waals surface area contributed by atoms with E-state index in [2.05, 4.69) is 10.6 Å². The second-order valence-corrected chi connectivity index (χ2v) is 10.7. The number of piperidine rings is 1. The molecule has 2 N–H and O–H groups in total. The van der Waals surface area contributed by atoms with E-state index in [4.69, 9.17) is 0 Å². The molecule has 1 aromatic carbocycles. The molecule has 2 amide bonds. The van der Waals surface area contributed by atoms with Crippen LogP contribution in [0.3, 0.4) is 0 Å². The van der Waals surface area contributed by atoms with Gasteiger partial charge < -0.3 is 10.6 Å². The summed E-state index contributed by atoms with van der Waals surface area (Å²) >= 11 is 0. The number of rotatable bonds is 4. The number of amides is 2. The summed E-state index contributed by atoms with van der Waals surface area (Å²) in [5.74, 6) is -0.339. The van der Waals surface area contributed by atoms with Gasteiger partial charge in [-0.05, 0) is 62.3 Å². The molecule has 8 heteroatoms. The van der Waals surface area contributed by atoms with E-state index in [0.29, 0.717) is 37.9 Å². The van der Waals surface area contributed by atoms with Crippen molar-refractivity contribution in [2.45, 2.75) is 75.1 Å². The summed E-state index contributed by atoms with van der Waals surface area (Å²) in [6.45, 7) is 0.665. The van der Waals surface area contributed by atoms with Gasteiger partial charge in [0.15, 0.2) is 0 Å². The van der Waals surface area contributed by atoms with E-state index in [9.17, 15) is 18.0 Å². The van der Waals surface area contributed by atoms with Crippen LogP contribution < -0.4 is 10.6 Å². The summed E-state index contributed by atoms with van der Waals surface area (Å²) in [5, 5.41) is 5.99. The number of nitrogens with zero attached hydrogens (tertiary/aromatic N) is 1. The predicted molar refractivity (Wildman–Crippen MR) is 115 cm³/mol. The Labute approximate surface area is 178 Å². The minimum Gasteiger partial charge on any atom is -0.353 e. The molecule has 1 saturated carbocycles. The summed E-state index contributed by atoms with van der Waals surface area (Å²) in [6, 6.07) is 5.16. The summed E-state index contributed by atoms with van der Waals surface area (Å²) in [7, 11) is -3.68. The van der Waals surface area contributed by atoms with Crippen molar-refractivity contribution in [2.75, 3.05) is 18.4 Å². The zero-order valence-corrected chi connectivity index (χ0v) is 18.2. The third kappa shape index (κ3) is 4.70. The van der Waals surface area contributed by atoms with Gasteiger partial charge in [-0.2, -0.15) is 4.31 Å². The molecule has 4 rings (SSSR count). The first kappa shape index (κ1) is 21.3. The Morgan fingerprint density at radius 1 is 1.03 bits per heavy atom. The Morgan fingerprint density at radius 3 is 2.63 bits per heavy atom. The SMILES string of the molecule is O=C1CCCc2cc(S(=O)(=O)N3CCCC(C(=O)NC4CCCCC4)C3)ccc2N1. The molecule has 2 heterocycles. The van der Waals surface area contributed by atoms with Crippen molar-refractivity contribution in [3.05, 3.63) is 23.8 Å². The fraction of sp³-hybridized carbons (Fsp3) is 0.636. The quantitative estimate of drug-likeness (QED) is 0.763. The van der Waals surface area contributed by atoms with Crippen molar-refractivity contribution in [3.8, 4) is 0 Å². The zero-order chi connectivity index (χ0) is 21.1. The molecule has 164 valence electrons. The van der Waals surface area contributed by atoms with Gasteiger partial charge in [0.05, 0.1) is 10.8 Å². The third-order valence-corrected chi connectivity index (χ3v) is 8.41. The molecule has 2 fully saturated rings. The number of fused-ring (bicyclic) bond motifs is 1. The lowest BCUT2D eigenvalue weighted by atomic mass is 9.93. The molecule has 7 nitrogen and oxygen atoms in total. The molecule has 3 aliphatic rings. The molecule has 0 bridgehead atoms. The normalized spacial score (nSPS) is 23.9. The summed E-state index contributed by atoms with van der Waals surface area (Å²) < 4.78 is 28.0. The minimum atomic E-state index is -3.68. The van der Waals surface area contributed by atoms with Crippen LogP contribution in [-0.4, -0.2) is 43.7 Å². The second-order valence-electron chi connectivity index (χ2n) is 8.77. The van der Waals surface area contributed by atoms with E-state index in [0.717, 1.165) is 37.7 Å². The van der Waals surface area contributed by atoms with Crippen LogP contribution in [0.25, 0.3) is 0 Å². The van der Waals surface area contributed by atoms with Crippen molar-refractivity contribution >= 4 is 27.5 Å². The Balaban J connectivity index is 1.46. The number of carbonyl (C=O) groups excluding carboxylic acids is 2. The lowest BCUT2D eigenvalue weighted by Crippen LogP contribution is -2.47. The number of sulfonamides is 1. The highest BCUT2D eigenvalue weighted by Crippen LogP contribution is 2.29. The molecule has 1 unspecified atom stereocenters. The average molecular weight is 434 g/mol. The first-order chi connectivity index (χ1) is 14.4. The number of anilines is 1. The maximum atomic E-state index is 13.3. The number of hydrogen-bond donors (Lipinski definition) is 2. The van der Waals surface area contributed by atoms with Gasteiger partial charge in [0, 0.05) is 31.2 Å². The molecule has 1 aliphatic carbocycles. The monoisotopic (exact) mass is 433 g/mol. The Morgan fingerprint density at radius 2 is 1.83 bits per heavy atom. The zero-order valence-electron chi connectivity index (χ0n) is 17.4. The van der Waals surface area contributed by atoms with Gasteiger partial charge in [0.2, 0.25) is 21.8 Å². The maximum absolute atomic E-state index is 13.3. The molecule has 0 aromatic heterocycles. The van der Waals surface area contributed by atoms with Gasteiger partial charge in [-0.3, -0.25) is 9.59 Å². The van der Waals surface area contributed by atoms with Gasteiger partial charge in [-0.15, -0.1) is 0 Å². The highest BCUT2D eigenvalue weighted by Gasteiger charge is 2.34. The van der Waals surface area contributed by atoms with Crippen molar-refractivity contribution in [3.63, 3.8) is 0 Å². The number of benzene rings is 1. The number of carbonyl (C=O) groups is 2. The largest absolute Gasteiger partial charge is 0.353 e. The molecular formula is C22H31N3O4S. The molecule has 30 heavy (non-hydrogen) atoms. The molecule has 0 radical (unpaired) electrons. The average Bonchev–Trinajstić information content (AvgIpc) is 2.94. The Hall–Kier alpha value is -1.93. The van der Waals surface area contributed by atoms with Crippen molar-refractivity contribution in [1.29, 1.82) is 0 Å². The van der Waals surface area contributed by atoms with Gasteiger partial charge >= 0.3 is 0 Å². The molecule has 1 atom stereocenters. The molecule has 1 saturated heterocycles. The molecule has 2 aliphatic heterocycles. The first-order valence-corrected chi connectivity index (χ1v) is 12.6. The number of hydrogen-bond acceptors (Lipinski definition) is 4. The van der Waals surface area contributed by atoms with Crippen LogP contribution in [0.5, 0.6) is 0 Å². The van der Waals surface area contributed by atoms with Crippen molar-refractivity contribution in [1.82, 2.24) is 9.62 Å². The van der Waals surface area contributed by atoms with Crippen LogP contribution in [0.2, 0.25) is 0 Å². The van der Waals surface area contributed by atoms with Crippen LogP contribution in [0.15, 0.2) is 23.1 Å². The van der Waals surface area contributed by atoms with E-state index in [-0.39, 0.29) is 35.2 Å². The van der Waals surface area contributed by atoms with Crippen molar-refractivity contribution < 1.29 is 18.0 Å². The predicted octanol–water partition coefficient (Wildman–Crippen LogP) is 2.81. The summed E-state index contributed by atoms with van der Waals surface area (Å²) in [5.41, 5.74) is 1.55. The highest BCUT2D eigenvalue weighted by atomic mass is 32.2. The van der Waals surface area contributed by atoms with Crippen LogP contribution in [0.1, 0.15) is 63.4 Å². The number of aryl methyl sites for hydroxylation is 1. The van der Waals surface area contributed by atoms with Gasteiger partial charge in [-0.1, -0.05) is 19.3 Å². The van der Waals surface area contributed by atoms with Crippen LogP contribution in [0, 0.1) is 5.92 Å². The summed E-state index contributed by atoms with van der Waals surface area (Å²) in [4.78, 5) is 24.7. The van der Waals surface area contributed by atoms with Crippen LogP contribution in [-0.2, 0) is 26.0 Å². The second kappa shape index (κ2) is 9.06. The maximum Gasteiger partial charge on any atom is 0.243 e. The van der Waals surface area contributed by atoms with Gasteiger partial charge in [-0.25, -0.2) is 8.42 Å². The van der Waals surface area contributed by atoms with Gasteiger partial charge in [0.1, 0.15) is 0 Å². The van der Waals surface area contributed by atoms with E-state index in [1.165, 1.54) is 10.7 Å². The molecular weight excluding hydrogens is 402 g/mol. The topological polar surface area (TPSA) is 95.6 Å². The van der Waals surface area contributed by atoms with Crippen molar-refractivity contribution in [2.24, 2.45) is 5.92 Å². The highest BCUT2D eigenvalue weighted by molar-refractivity contribution is 7.89. The fourth-order valence-corrected chi connectivity index (χ4v) is 6.38. The van der Waals surface area contributed by atoms with E-state index >= 15 is 0 Å².